The molecule has 0 amide bonds. The molecular formula is C11H25NO2. The fourth-order valence-electron chi connectivity index (χ4n) is 1.48. The van der Waals surface area contributed by atoms with Crippen LogP contribution in [0.5, 0.6) is 0 Å². The normalized spacial score (nSPS) is 18.2. The highest BCUT2D eigenvalue weighted by Gasteiger charge is 2.16. The maximum absolute atomic E-state index is 9.17. The Hall–Kier alpha value is -0.120. The SMILES string of the molecule is COC(C)C(C)NC(CO)CC(C)C. The van der Waals surface area contributed by atoms with Crippen LogP contribution >= 0.6 is 0 Å². The Kier molecular flexibility index (Phi) is 7.15. The third-order valence-electron chi connectivity index (χ3n) is 2.55. The summed E-state index contributed by atoms with van der Waals surface area (Å²) in [6.45, 7) is 8.63. The minimum absolute atomic E-state index is 0.177. The molecule has 14 heavy (non-hydrogen) atoms. The molecular weight excluding hydrogens is 178 g/mol. The van der Waals surface area contributed by atoms with E-state index in [-0.39, 0.29) is 24.8 Å². The van der Waals surface area contributed by atoms with Crippen LogP contribution < -0.4 is 5.32 Å². The zero-order valence-corrected chi connectivity index (χ0v) is 10.1. The Balaban J connectivity index is 3.91. The maximum Gasteiger partial charge on any atom is 0.0693 e. The molecule has 0 fully saturated rings. The van der Waals surface area contributed by atoms with E-state index in [0.717, 1.165) is 6.42 Å². The number of aliphatic hydroxyl groups is 1. The number of ether oxygens (including phenoxy) is 1. The van der Waals surface area contributed by atoms with Gasteiger partial charge in [0.2, 0.25) is 0 Å². The Morgan fingerprint density at radius 2 is 1.79 bits per heavy atom. The van der Waals surface area contributed by atoms with E-state index in [1.807, 2.05) is 6.92 Å². The second-order valence-corrected chi connectivity index (χ2v) is 4.41. The molecule has 0 spiro atoms. The highest BCUT2D eigenvalue weighted by Crippen LogP contribution is 2.06. The van der Waals surface area contributed by atoms with E-state index >= 15 is 0 Å². The summed E-state index contributed by atoms with van der Waals surface area (Å²) in [4.78, 5) is 0. The van der Waals surface area contributed by atoms with E-state index in [1.165, 1.54) is 0 Å². The van der Waals surface area contributed by atoms with Crippen molar-refractivity contribution in [2.45, 2.75) is 52.3 Å². The van der Waals surface area contributed by atoms with Crippen molar-refractivity contribution >= 4 is 0 Å². The Bertz CT molecular complexity index is 139. The molecule has 0 aromatic heterocycles. The van der Waals surface area contributed by atoms with Gasteiger partial charge in [0.05, 0.1) is 12.7 Å². The minimum atomic E-state index is 0.177. The van der Waals surface area contributed by atoms with Gasteiger partial charge in [-0.25, -0.2) is 0 Å². The molecule has 0 bridgehead atoms. The van der Waals surface area contributed by atoms with Crippen LogP contribution in [0.3, 0.4) is 0 Å². The molecule has 0 aromatic carbocycles. The van der Waals surface area contributed by atoms with Gasteiger partial charge < -0.3 is 15.2 Å². The van der Waals surface area contributed by atoms with Crippen LogP contribution in [-0.2, 0) is 4.74 Å². The van der Waals surface area contributed by atoms with Crippen LogP contribution in [0.4, 0.5) is 0 Å². The fraction of sp³-hybridized carbons (Fsp3) is 1.00. The lowest BCUT2D eigenvalue weighted by Crippen LogP contribution is -2.45. The average Bonchev–Trinajstić information content (AvgIpc) is 2.14. The lowest BCUT2D eigenvalue weighted by Gasteiger charge is -2.26. The molecule has 3 heteroatoms. The van der Waals surface area contributed by atoms with Crippen molar-refractivity contribution in [3.63, 3.8) is 0 Å². The fourth-order valence-corrected chi connectivity index (χ4v) is 1.48. The molecule has 0 aliphatic rings. The Morgan fingerprint density at radius 3 is 2.14 bits per heavy atom. The van der Waals surface area contributed by atoms with E-state index < -0.39 is 0 Å². The van der Waals surface area contributed by atoms with Crippen molar-refractivity contribution in [2.75, 3.05) is 13.7 Å². The third kappa shape index (κ3) is 5.58. The molecule has 3 nitrogen and oxygen atoms in total. The zero-order valence-electron chi connectivity index (χ0n) is 10.1. The summed E-state index contributed by atoms with van der Waals surface area (Å²) in [6.07, 6.45) is 1.17. The first-order chi connectivity index (χ1) is 6.51. The van der Waals surface area contributed by atoms with E-state index in [0.29, 0.717) is 5.92 Å². The van der Waals surface area contributed by atoms with Gasteiger partial charge in [-0.05, 0) is 26.2 Å². The van der Waals surface area contributed by atoms with Crippen LogP contribution in [0.25, 0.3) is 0 Å². The van der Waals surface area contributed by atoms with Crippen molar-refractivity contribution in [2.24, 2.45) is 5.92 Å². The molecule has 0 heterocycles. The van der Waals surface area contributed by atoms with Gasteiger partial charge in [0.1, 0.15) is 0 Å². The molecule has 2 N–H and O–H groups in total. The molecule has 86 valence electrons. The first-order valence-electron chi connectivity index (χ1n) is 5.41. The summed E-state index contributed by atoms with van der Waals surface area (Å²) in [5.74, 6) is 0.602. The van der Waals surface area contributed by atoms with Gasteiger partial charge in [-0.15, -0.1) is 0 Å². The summed E-state index contributed by atoms with van der Waals surface area (Å²) >= 11 is 0. The molecule has 3 unspecified atom stereocenters. The first kappa shape index (κ1) is 13.9. The second kappa shape index (κ2) is 7.21. The Morgan fingerprint density at radius 1 is 1.21 bits per heavy atom. The monoisotopic (exact) mass is 203 g/mol. The molecule has 0 aliphatic heterocycles. The van der Waals surface area contributed by atoms with Crippen molar-refractivity contribution in [1.29, 1.82) is 0 Å². The summed E-state index contributed by atoms with van der Waals surface area (Å²) < 4.78 is 5.22. The number of aliphatic hydroxyl groups excluding tert-OH is 1. The van der Waals surface area contributed by atoms with Gasteiger partial charge in [-0.3, -0.25) is 0 Å². The zero-order chi connectivity index (χ0) is 11.1. The molecule has 0 radical (unpaired) electrons. The van der Waals surface area contributed by atoms with E-state index in [2.05, 4.69) is 26.1 Å². The number of nitrogens with one attached hydrogen (secondary N) is 1. The van der Waals surface area contributed by atoms with Crippen molar-refractivity contribution in [1.82, 2.24) is 5.32 Å². The summed E-state index contributed by atoms with van der Waals surface area (Å²) in [7, 11) is 1.71. The number of methoxy groups -OCH3 is 1. The number of rotatable bonds is 7. The van der Waals surface area contributed by atoms with Crippen LogP contribution in [-0.4, -0.2) is 37.0 Å². The highest BCUT2D eigenvalue weighted by atomic mass is 16.5. The van der Waals surface area contributed by atoms with Crippen LogP contribution in [0, 0.1) is 5.92 Å². The first-order valence-corrected chi connectivity index (χ1v) is 5.41. The van der Waals surface area contributed by atoms with Gasteiger partial charge in [-0.1, -0.05) is 13.8 Å². The highest BCUT2D eigenvalue weighted by molar-refractivity contribution is 4.75. The minimum Gasteiger partial charge on any atom is -0.395 e. The van der Waals surface area contributed by atoms with Crippen molar-refractivity contribution in [3.8, 4) is 0 Å². The lowest BCUT2D eigenvalue weighted by atomic mass is 10.0. The van der Waals surface area contributed by atoms with Crippen LogP contribution in [0.15, 0.2) is 0 Å². The second-order valence-electron chi connectivity index (χ2n) is 4.41. The summed E-state index contributed by atoms with van der Waals surface area (Å²) in [5, 5.41) is 12.5. The van der Waals surface area contributed by atoms with Gasteiger partial charge >= 0.3 is 0 Å². The van der Waals surface area contributed by atoms with Gasteiger partial charge in [0, 0.05) is 19.2 Å². The van der Waals surface area contributed by atoms with Gasteiger partial charge in [0.15, 0.2) is 0 Å². The molecule has 0 saturated carbocycles. The topological polar surface area (TPSA) is 41.5 Å². The summed E-state index contributed by atoms with van der Waals surface area (Å²) in [6, 6.07) is 0.457. The van der Waals surface area contributed by atoms with Crippen LogP contribution in [0.1, 0.15) is 34.1 Å². The molecule has 0 aliphatic carbocycles. The standard InChI is InChI=1S/C11H25NO2/c1-8(2)6-11(7-13)12-9(3)10(4)14-5/h8-13H,6-7H2,1-5H3. The molecule has 3 atom stereocenters. The predicted molar refractivity (Wildman–Crippen MR) is 59.4 cm³/mol. The van der Waals surface area contributed by atoms with Gasteiger partial charge in [0.25, 0.3) is 0 Å². The lowest BCUT2D eigenvalue weighted by molar-refractivity contribution is 0.0777. The molecule has 0 aromatic rings. The van der Waals surface area contributed by atoms with E-state index in [9.17, 15) is 5.11 Å². The van der Waals surface area contributed by atoms with E-state index in [1.54, 1.807) is 7.11 Å². The number of hydrogen-bond donors (Lipinski definition) is 2. The summed E-state index contributed by atoms with van der Waals surface area (Å²) in [5.41, 5.74) is 0. The average molecular weight is 203 g/mol. The van der Waals surface area contributed by atoms with Crippen LogP contribution in [0.2, 0.25) is 0 Å². The Labute approximate surface area is 87.8 Å². The quantitative estimate of drug-likeness (QED) is 0.657. The van der Waals surface area contributed by atoms with Gasteiger partial charge in [-0.2, -0.15) is 0 Å². The largest absolute Gasteiger partial charge is 0.395 e. The third-order valence-corrected chi connectivity index (χ3v) is 2.55. The van der Waals surface area contributed by atoms with E-state index in [4.69, 9.17) is 4.74 Å². The maximum atomic E-state index is 9.17. The smallest absolute Gasteiger partial charge is 0.0693 e. The predicted octanol–water partition coefficient (Wildman–Crippen LogP) is 1.41. The number of hydrogen-bond acceptors (Lipinski definition) is 3. The van der Waals surface area contributed by atoms with Crippen molar-refractivity contribution in [3.05, 3.63) is 0 Å². The molecule has 0 rings (SSSR count). The van der Waals surface area contributed by atoms with Crippen molar-refractivity contribution < 1.29 is 9.84 Å². The molecule has 0 saturated heterocycles.